The van der Waals surface area contributed by atoms with E-state index in [9.17, 15) is 9.59 Å². The van der Waals surface area contributed by atoms with E-state index in [1.165, 1.54) is 7.11 Å². The third-order valence-corrected chi connectivity index (χ3v) is 3.94. The van der Waals surface area contributed by atoms with Crippen molar-refractivity contribution in [3.8, 4) is 5.75 Å². The number of primary amides is 1. The molecular formula is C15H22N2O3. The van der Waals surface area contributed by atoms with Gasteiger partial charge in [0.15, 0.2) is 5.78 Å². The molecule has 5 heteroatoms. The summed E-state index contributed by atoms with van der Waals surface area (Å²) in [6, 6.07) is 4.90. The molecule has 20 heavy (non-hydrogen) atoms. The largest absolute Gasteiger partial charge is 0.497 e. The van der Waals surface area contributed by atoms with Crippen LogP contribution in [0.1, 0.15) is 43.5 Å². The zero-order valence-electron chi connectivity index (χ0n) is 12.2. The number of methoxy groups -OCH3 is 1. The highest BCUT2D eigenvalue weighted by atomic mass is 16.5. The van der Waals surface area contributed by atoms with Crippen molar-refractivity contribution in [1.82, 2.24) is 0 Å². The van der Waals surface area contributed by atoms with Gasteiger partial charge in [-0.05, 0) is 31.0 Å². The molecule has 0 aliphatic carbocycles. The summed E-state index contributed by atoms with van der Waals surface area (Å²) in [6.45, 7) is 3.72. The normalized spacial score (nSPS) is 11.2. The van der Waals surface area contributed by atoms with E-state index in [-0.39, 0.29) is 12.2 Å². The molecule has 0 aromatic heterocycles. The van der Waals surface area contributed by atoms with E-state index in [1.807, 2.05) is 13.8 Å². The number of nitrogens with two attached hydrogens (primary N) is 2. The first kappa shape index (κ1) is 16.0. The van der Waals surface area contributed by atoms with E-state index in [1.54, 1.807) is 18.2 Å². The number of carbonyl (C=O) groups excluding carboxylic acids is 2. The molecule has 1 amide bonds. The van der Waals surface area contributed by atoms with Crippen LogP contribution in [0.25, 0.3) is 0 Å². The Morgan fingerprint density at radius 2 is 1.85 bits per heavy atom. The summed E-state index contributed by atoms with van der Waals surface area (Å²) >= 11 is 0. The number of rotatable bonds is 7. The summed E-state index contributed by atoms with van der Waals surface area (Å²) in [6.07, 6.45) is 1.11. The van der Waals surface area contributed by atoms with Gasteiger partial charge >= 0.3 is 0 Å². The minimum Gasteiger partial charge on any atom is -0.497 e. The minimum atomic E-state index is -0.813. The van der Waals surface area contributed by atoms with Gasteiger partial charge in [0.2, 0.25) is 5.91 Å². The van der Waals surface area contributed by atoms with Crippen molar-refractivity contribution < 1.29 is 14.3 Å². The summed E-state index contributed by atoms with van der Waals surface area (Å²) in [5, 5.41) is 0. The van der Waals surface area contributed by atoms with Crippen LogP contribution in [0.4, 0.5) is 5.69 Å². The second-order valence-corrected chi connectivity index (χ2v) is 4.90. The smallest absolute Gasteiger partial charge is 0.224 e. The Labute approximate surface area is 119 Å². The molecule has 0 bridgehead atoms. The number of hydrogen-bond donors (Lipinski definition) is 2. The van der Waals surface area contributed by atoms with Crippen molar-refractivity contribution in [2.45, 2.75) is 33.1 Å². The van der Waals surface area contributed by atoms with E-state index in [0.717, 1.165) is 0 Å². The molecule has 110 valence electrons. The Kier molecular flexibility index (Phi) is 5.13. The number of anilines is 1. The number of benzene rings is 1. The van der Waals surface area contributed by atoms with Crippen LogP contribution in [0.5, 0.6) is 5.75 Å². The average Bonchev–Trinajstić information content (AvgIpc) is 2.44. The molecule has 0 unspecified atom stereocenters. The fraction of sp³-hybridized carbons (Fsp3) is 0.467. The van der Waals surface area contributed by atoms with Crippen LogP contribution in [-0.4, -0.2) is 18.8 Å². The first-order chi connectivity index (χ1) is 9.40. The van der Waals surface area contributed by atoms with E-state index >= 15 is 0 Å². The maximum absolute atomic E-state index is 12.4. The maximum Gasteiger partial charge on any atom is 0.224 e. The topological polar surface area (TPSA) is 95.4 Å². The van der Waals surface area contributed by atoms with Crippen LogP contribution < -0.4 is 16.2 Å². The summed E-state index contributed by atoms with van der Waals surface area (Å²) < 4.78 is 5.09. The summed E-state index contributed by atoms with van der Waals surface area (Å²) in [7, 11) is 1.52. The molecule has 0 saturated carbocycles. The second-order valence-electron chi connectivity index (χ2n) is 4.90. The van der Waals surface area contributed by atoms with Gasteiger partial charge in [-0.15, -0.1) is 0 Å². The summed E-state index contributed by atoms with van der Waals surface area (Å²) in [5.41, 5.74) is 11.2. The molecule has 0 saturated heterocycles. The lowest BCUT2D eigenvalue weighted by Crippen LogP contribution is -2.38. The van der Waals surface area contributed by atoms with Crippen molar-refractivity contribution in [3.63, 3.8) is 0 Å². The van der Waals surface area contributed by atoms with Crippen molar-refractivity contribution in [2.24, 2.45) is 11.1 Å². The first-order valence-corrected chi connectivity index (χ1v) is 6.66. The van der Waals surface area contributed by atoms with Gasteiger partial charge < -0.3 is 16.2 Å². The first-order valence-electron chi connectivity index (χ1n) is 6.66. The number of hydrogen-bond acceptors (Lipinski definition) is 4. The lowest BCUT2D eigenvalue weighted by molar-refractivity contribution is -0.128. The molecule has 0 radical (unpaired) electrons. The molecule has 1 rings (SSSR count). The number of Topliss-reactive ketones (excluding diaryl/α,β-unsaturated/α-hetero) is 1. The lowest BCUT2D eigenvalue weighted by Gasteiger charge is -2.27. The monoisotopic (exact) mass is 278 g/mol. The number of amides is 1. The molecule has 5 nitrogen and oxygen atoms in total. The molecule has 4 N–H and O–H groups in total. The Morgan fingerprint density at radius 1 is 1.25 bits per heavy atom. The van der Waals surface area contributed by atoms with E-state index in [0.29, 0.717) is 29.8 Å². The van der Waals surface area contributed by atoms with Crippen molar-refractivity contribution in [1.29, 1.82) is 0 Å². The predicted octanol–water partition coefficient (Wildman–Crippen LogP) is 2.14. The fourth-order valence-corrected chi connectivity index (χ4v) is 2.24. The van der Waals surface area contributed by atoms with Gasteiger partial charge in [-0.1, -0.05) is 13.8 Å². The lowest BCUT2D eigenvalue weighted by atomic mass is 9.76. The summed E-state index contributed by atoms with van der Waals surface area (Å²) in [4.78, 5) is 24.1. The highest BCUT2D eigenvalue weighted by molar-refractivity contribution is 6.03. The van der Waals surface area contributed by atoms with Gasteiger partial charge in [-0.25, -0.2) is 0 Å². The second kappa shape index (κ2) is 6.41. The van der Waals surface area contributed by atoms with Crippen LogP contribution in [0, 0.1) is 5.41 Å². The Hall–Kier alpha value is -2.04. The van der Waals surface area contributed by atoms with Crippen molar-refractivity contribution in [3.05, 3.63) is 23.8 Å². The molecular weight excluding hydrogens is 256 g/mol. The number of ketones is 1. The summed E-state index contributed by atoms with van der Waals surface area (Å²) in [5.74, 6) is -0.0820. The van der Waals surface area contributed by atoms with Crippen LogP contribution in [0.15, 0.2) is 18.2 Å². The van der Waals surface area contributed by atoms with Crippen LogP contribution in [0.2, 0.25) is 0 Å². The fourth-order valence-electron chi connectivity index (χ4n) is 2.24. The molecule has 0 aliphatic heterocycles. The van der Waals surface area contributed by atoms with Gasteiger partial charge in [-0.2, -0.15) is 0 Å². The highest BCUT2D eigenvalue weighted by Gasteiger charge is 2.35. The third-order valence-electron chi connectivity index (χ3n) is 3.94. The average molecular weight is 278 g/mol. The Bertz CT molecular complexity index is 508. The highest BCUT2D eigenvalue weighted by Crippen LogP contribution is 2.33. The van der Waals surface area contributed by atoms with Gasteiger partial charge in [0, 0.05) is 17.7 Å². The Morgan fingerprint density at radius 3 is 2.30 bits per heavy atom. The van der Waals surface area contributed by atoms with Gasteiger partial charge in [-0.3, -0.25) is 9.59 Å². The van der Waals surface area contributed by atoms with E-state index < -0.39 is 11.3 Å². The maximum atomic E-state index is 12.4. The SMILES string of the molecule is CCC(CC)(CC(=O)c1cc(OC)ccc1N)C(N)=O. The molecule has 1 aromatic rings. The predicted molar refractivity (Wildman–Crippen MR) is 78.6 cm³/mol. The van der Waals surface area contributed by atoms with Crippen LogP contribution in [-0.2, 0) is 4.79 Å². The Balaban J connectivity index is 3.09. The van der Waals surface area contributed by atoms with Crippen molar-refractivity contribution in [2.75, 3.05) is 12.8 Å². The number of nitrogen functional groups attached to an aromatic ring is 1. The number of ether oxygens (including phenoxy) is 1. The molecule has 0 spiro atoms. The number of carbonyl (C=O) groups is 2. The van der Waals surface area contributed by atoms with Gasteiger partial charge in [0.05, 0.1) is 12.5 Å². The molecule has 0 heterocycles. The molecule has 0 fully saturated rings. The van der Waals surface area contributed by atoms with Gasteiger partial charge in [0.1, 0.15) is 5.75 Å². The molecule has 1 aromatic carbocycles. The standard InChI is InChI=1S/C15H22N2O3/c1-4-15(5-2,14(17)19)9-13(18)11-8-10(20-3)6-7-12(11)16/h6-8H,4-5,9,16H2,1-3H3,(H2,17,19). The van der Waals surface area contributed by atoms with Crippen LogP contribution in [0.3, 0.4) is 0 Å². The minimum absolute atomic E-state index is 0.0622. The third kappa shape index (κ3) is 3.10. The molecule has 0 aliphatic rings. The van der Waals surface area contributed by atoms with E-state index in [4.69, 9.17) is 16.2 Å². The quantitative estimate of drug-likeness (QED) is 0.590. The zero-order chi connectivity index (χ0) is 15.3. The van der Waals surface area contributed by atoms with Crippen LogP contribution >= 0.6 is 0 Å². The van der Waals surface area contributed by atoms with Crippen molar-refractivity contribution >= 4 is 17.4 Å². The molecule has 0 atom stereocenters. The zero-order valence-corrected chi connectivity index (χ0v) is 12.2. The van der Waals surface area contributed by atoms with Gasteiger partial charge in [0.25, 0.3) is 0 Å². The van der Waals surface area contributed by atoms with E-state index in [2.05, 4.69) is 0 Å².